The normalized spacial score (nSPS) is 13.3. The molecule has 1 aromatic carbocycles. The van der Waals surface area contributed by atoms with E-state index >= 15 is 0 Å². The van der Waals surface area contributed by atoms with Crippen molar-refractivity contribution in [2.75, 3.05) is 7.11 Å². The van der Waals surface area contributed by atoms with Gasteiger partial charge in [0.25, 0.3) is 0 Å². The van der Waals surface area contributed by atoms with Crippen LogP contribution >= 0.6 is 0 Å². The SMILES string of the molecule is CC.CC.CC1=CC(C(C)(C)O)=CCC1.COc1ccc(C)cc1C(F)(F)F. The number of ether oxygens (including phenoxy) is 1. The summed E-state index contributed by atoms with van der Waals surface area (Å²) in [7, 11) is 1.22. The molecule has 28 heavy (non-hydrogen) atoms. The summed E-state index contributed by atoms with van der Waals surface area (Å²) in [5.41, 5.74) is 1.59. The zero-order valence-electron chi connectivity index (χ0n) is 18.8. The second-order valence-corrected chi connectivity index (χ2v) is 6.45. The largest absolute Gasteiger partial charge is 0.496 e. The average Bonchev–Trinajstić information content (AvgIpc) is 2.64. The van der Waals surface area contributed by atoms with Crippen LogP contribution in [0.25, 0.3) is 0 Å². The molecule has 0 heterocycles. The predicted molar refractivity (Wildman–Crippen MR) is 113 cm³/mol. The van der Waals surface area contributed by atoms with Gasteiger partial charge in [0.05, 0.1) is 18.3 Å². The van der Waals surface area contributed by atoms with Crippen LogP contribution in [0.1, 0.15) is 72.4 Å². The monoisotopic (exact) mass is 402 g/mol. The maximum absolute atomic E-state index is 12.3. The Morgan fingerprint density at radius 1 is 1.00 bits per heavy atom. The standard InChI is InChI=1S/C10H16O.C9H9F3O.2C2H6/c1-8-5-4-6-9(7-8)10(2,3)11;1-6-3-4-8(13-2)7(5-6)9(10,11)12;2*1-2/h6-7,11H,4-5H2,1-3H3;3-5H,1-2H3;2*1-2H3. The van der Waals surface area contributed by atoms with Crippen LogP contribution in [0.4, 0.5) is 13.2 Å². The molecular weight excluding hydrogens is 365 g/mol. The number of allylic oxidation sites excluding steroid dienone is 2. The predicted octanol–water partition coefficient (Wildman–Crippen LogP) is 7.50. The number of methoxy groups -OCH3 is 1. The van der Waals surface area contributed by atoms with Crippen molar-refractivity contribution in [2.24, 2.45) is 0 Å². The highest BCUT2D eigenvalue weighted by Gasteiger charge is 2.34. The highest BCUT2D eigenvalue weighted by atomic mass is 19.4. The van der Waals surface area contributed by atoms with Crippen LogP contribution in [0.5, 0.6) is 5.75 Å². The third-order valence-corrected chi connectivity index (χ3v) is 3.67. The summed E-state index contributed by atoms with van der Waals surface area (Å²) in [6.45, 7) is 15.4. The molecule has 0 bridgehead atoms. The van der Waals surface area contributed by atoms with E-state index in [0.29, 0.717) is 5.56 Å². The third-order valence-electron chi connectivity index (χ3n) is 3.67. The number of rotatable bonds is 2. The smallest absolute Gasteiger partial charge is 0.419 e. The first-order chi connectivity index (χ1) is 12.9. The highest BCUT2D eigenvalue weighted by Crippen LogP contribution is 2.36. The van der Waals surface area contributed by atoms with Gasteiger partial charge in [-0.2, -0.15) is 13.2 Å². The fourth-order valence-electron chi connectivity index (χ4n) is 2.32. The first kappa shape index (κ1) is 28.5. The molecule has 5 heteroatoms. The van der Waals surface area contributed by atoms with E-state index in [2.05, 4.69) is 23.8 Å². The van der Waals surface area contributed by atoms with Gasteiger partial charge in [-0.3, -0.25) is 0 Å². The van der Waals surface area contributed by atoms with Crippen LogP contribution in [-0.4, -0.2) is 17.8 Å². The molecule has 1 aliphatic rings. The van der Waals surface area contributed by atoms with Crippen molar-refractivity contribution in [3.63, 3.8) is 0 Å². The van der Waals surface area contributed by atoms with Crippen LogP contribution in [0.15, 0.2) is 41.5 Å². The topological polar surface area (TPSA) is 29.5 Å². The number of hydrogen-bond donors (Lipinski definition) is 1. The Morgan fingerprint density at radius 3 is 1.89 bits per heavy atom. The summed E-state index contributed by atoms with van der Waals surface area (Å²) in [5, 5.41) is 9.65. The van der Waals surface area contributed by atoms with E-state index in [-0.39, 0.29) is 5.75 Å². The van der Waals surface area contributed by atoms with Crippen LogP contribution in [0.3, 0.4) is 0 Å². The summed E-state index contributed by atoms with van der Waals surface area (Å²) in [6, 6.07) is 3.96. The Labute approximate surface area is 169 Å². The number of aryl methyl sites for hydroxylation is 1. The van der Waals surface area contributed by atoms with Crippen LogP contribution in [-0.2, 0) is 6.18 Å². The second-order valence-electron chi connectivity index (χ2n) is 6.45. The molecular formula is C23H37F3O2. The molecule has 0 aromatic heterocycles. The summed E-state index contributed by atoms with van der Waals surface area (Å²) in [5.74, 6) is -0.141. The Hall–Kier alpha value is -1.75. The van der Waals surface area contributed by atoms with E-state index in [0.717, 1.165) is 24.5 Å². The molecule has 0 spiro atoms. The molecule has 162 valence electrons. The lowest BCUT2D eigenvalue weighted by Crippen LogP contribution is -2.21. The fourth-order valence-corrected chi connectivity index (χ4v) is 2.32. The molecule has 0 fully saturated rings. The van der Waals surface area contributed by atoms with Gasteiger partial charge in [-0.05, 0) is 58.2 Å². The minimum absolute atomic E-state index is 0.141. The number of hydrogen-bond acceptors (Lipinski definition) is 2. The van der Waals surface area contributed by atoms with Crippen LogP contribution < -0.4 is 4.74 Å². The lowest BCUT2D eigenvalue weighted by molar-refractivity contribution is -0.138. The van der Waals surface area contributed by atoms with Gasteiger partial charge in [0, 0.05) is 0 Å². The fraction of sp³-hybridized carbons (Fsp3) is 0.565. The Morgan fingerprint density at radius 2 is 1.54 bits per heavy atom. The maximum Gasteiger partial charge on any atom is 0.419 e. The summed E-state index contributed by atoms with van der Waals surface area (Å²) >= 11 is 0. The van der Waals surface area contributed by atoms with Crippen molar-refractivity contribution >= 4 is 0 Å². The number of halogens is 3. The molecule has 2 nitrogen and oxygen atoms in total. The average molecular weight is 403 g/mol. The van der Waals surface area contributed by atoms with E-state index in [4.69, 9.17) is 0 Å². The van der Waals surface area contributed by atoms with Gasteiger partial charge in [-0.15, -0.1) is 0 Å². The van der Waals surface area contributed by atoms with Crippen molar-refractivity contribution in [2.45, 2.75) is 80.0 Å². The maximum atomic E-state index is 12.3. The summed E-state index contributed by atoms with van der Waals surface area (Å²) in [4.78, 5) is 0. The molecule has 0 amide bonds. The van der Waals surface area contributed by atoms with E-state index in [1.807, 2.05) is 41.5 Å². The number of alkyl halides is 3. The van der Waals surface area contributed by atoms with Gasteiger partial charge in [-0.1, -0.05) is 57.0 Å². The van der Waals surface area contributed by atoms with Crippen LogP contribution in [0, 0.1) is 6.92 Å². The van der Waals surface area contributed by atoms with Gasteiger partial charge < -0.3 is 9.84 Å². The molecule has 2 rings (SSSR count). The third kappa shape index (κ3) is 10.5. The molecule has 1 N–H and O–H groups in total. The van der Waals surface area contributed by atoms with E-state index < -0.39 is 17.3 Å². The second kappa shape index (κ2) is 13.4. The molecule has 0 atom stereocenters. The van der Waals surface area contributed by atoms with E-state index in [1.165, 1.54) is 18.7 Å². The minimum atomic E-state index is -4.35. The van der Waals surface area contributed by atoms with Gasteiger partial charge in [0.2, 0.25) is 0 Å². The first-order valence-corrected chi connectivity index (χ1v) is 9.77. The van der Waals surface area contributed by atoms with Crippen molar-refractivity contribution in [3.05, 3.63) is 52.6 Å². The Kier molecular flexibility index (Phi) is 13.7. The van der Waals surface area contributed by atoms with E-state index in [1.54, 1.807) is 13.0 Å². The molecule has 0 aliphatic heterocycles. The van der Waals surface area contributed by atoms with Crippen molar-refractivity contribution in [1.82, 2.24) is 0 Å². The van der Waals surface area contributed by atoms with Crippen molar-refractivity contribution in [1.29, 1.82) is 0 Å². The first-order valence-electron chi connectivity index (χ1n) is 9.77. The molecule has 1 aromatic rings. The Bertz CT molecular complexity index is 622. The number of aliphatic hydroxyl groups is 1. The van der Waals surface area contributed by atoms with Crippen molar-refractivity contribution < 1.29 is 23.0 Å². The minimum Gasteiger partial charge on any atom is -0.496 e. The van der Waals surface area contributed by atoms with Crippen LogP contribution in [0.2, 0.25) is 0 Å². The van der Waals surface area contributed by atoms with Gasteiger partial charge in [0.15, 0.2) is 0 Å². The molecule has 0 radical (unpaired) electrons. The van der Waals surface area contributed by atoms with E-state index in [9.17, 15) is 18.3 Å². The zero-order chi connectivity index (χ0) is 22.5. The van der Waals surface area contributed by atoms with Gasteiger partial charge >= 0.3 is 6.18 Å². The lowest BCUT2D eigenvalue weighted by atomic mass is 9.90. The van der Waals surface area contributed by atoms with Gasteiger partial charge in [-0.25, -0.2) is 0 Å². The summed E-state index contributed by atoms with van der Waals surface area (Å²) < 4.78 is 41.6. The molecule has 0 saturated heterocycles. The Balaban J connectivity index is 0. The quantitative estimate of drug-likeness (QED) is 0.555. The van der Waals surface area contributed by atoms with Crippen molar-refractivity contribution in [3.8, 4) is 5.75 Å². The molecule has 0 unspecified atom stereocenters. The number of benzene rings is 1. The summed E-state index contributed by atoms with van der Waals surface area (Å²) in [6.07, 6.45) is 2.06. The lowest BCUT2D eigenvalue weighted by Gasteiger charge is -2.22. The molecule has 1 aliphatic carbocycles. The molecule has 0 saturated carbocycles. The zero-order valence-corrected chi connectivity index (χ0v) is 18.8. The van der Waals surface area contributed by atoms with Gasteiger partial charge in [0.1, 0.15) is 5.75 Å². The highest BCUT2D eigenvalue weighted by molar-refractivity contribution is 5.38.